The molecular formula is C17H20N2O3S. The number of esters is 1. The maximum Gasteiger partial charge on any atom is 0.310 e. The van der Waals surface area contributed by atoms with Crippen molar-refractivity contribution in [1.29, 1.82) is 0 Å². The minimum Gasteiger partial charge on any atom is -0.469 e. The number of nitrogens with zero attached hydrogens (tertiary/aromatic N) is 2. The van der Waals surface area contributed by atoms with E-state index in [1.807, 2.05) is 29.8 Å². The predicted molar refractivity (Wildman–Crippen MR) is 90.4 cm³/mol. The van der Waals surface area contributed by atoms with Crippen molar-refractivity contribution in [1.82, 2.24) is 9.88 Å². The quantitative estimate of drug-likeness (QED) is 0.790. The summed E-state index contributed by atoms with van der Waals surface area (Å²) in [5, 5.41) is 4.01. The first-order valence-corrected chi connectivity index (χ1v) is 8.21. The van der Waals surface area contributed by atoms with E-state index >= 15 is 0 Å². The van der Waals surface area contributed by atoms with Gasteiger partial charge in [-0.05, 0) is 30.5 Å². The summed E-state index contributed by atoms with van der Waals surface area (Å²) in [6.07, 6.45) is 0. The van der Waals surface area contributed by atoms with Crippen molar-refractivity contribution < 1.29 is 14.3 Å². The Bertz CT molecular complexity index is 698. The highest BCUT2D eigenvalue weighted by molar-refractivity contribution is 7.08. The van der Waals surface area contributed by atoms with Crippen LogP contribution >= 0.6 is 11.3 Å². The third kappa shape index (κ3) is 3.96. The molecule has 0 radical (unpaired) electrons. The summed E-state index contributed by atoms with van der Waals surface area (Å²) in [7, 11) is 3.02. The van der Waals surface area contributed by atoms with Crippen molar-refractivity contribution in [3.63, 3.8) is 0 Å². The molecule has 0 N–H and O–H groups in total. The zero-order valence-electron chi connectivity index (χ0n) is 13.7. The maximum absolute atomic E-state index is 12.5. The molecule has 1 amide bonds. The topological polar surface area (TPSA) is 59.5 Å². The number of carbonyl (C=O) groups excluding carboxylic acids is 2. The van der Waals surface area contributed by atoms with Crippen molar-refractivity contribution in [3.05, 3.63) is 40.2 Å². The maximum atomic E-state index is 12.5. The van der Waals surface area contributed by atoms with Crippen LogP contribution in [0.4, 0.5) is 0 Å². The minimum atomic E-state index is -0.368. The molecule has 0 aliphatic rings. The Morgan fingerprint density at radius 1 is 1.35 bits per heavy atom. The number of hydrogen-bond donors (Lipinski definition) is 0. The molecule has 0 bridgehead atoms. The average molecular weight is 332 g/mol. The molecule has 0 aromatic carbocycles. The van der Waals surface area contributed by atoms with E-state index in [0.29, 0.717) is 17.8 Å². The Hall–Kier alpha value is -2.21. The molecule has 0 aliphatic carbocycles. The number of rotatable bonds is 5. The SMILES string of the molecule is COC(=O)C(C)CN(C)C(=O)c1ccc(-c2ccsc2)nc1C. The van der Waals surface area contributed by atoms with E-state index in [-0.39, 0.29) is 17.8 Å². The summed E-state index contributed by atoms with van der Waals surface area (Å²) in [5.41, 5.74) is 3.12. The number of thiophene rings is 1. The van der Waals surface area contributed by atoms with Crippen molar-refractivity contribution in [2.24, 2.45) is 5.92 Å². The molecule has 2 aromatic heterocycles. The van der Waals surface area contributed by atoms with Gasteiger partial charge in [-0.15, -0.1) is 0 Å². The molecule has 0 saturated heterocycles. The van der Waals surface area contributed by atoms with Gasteiger partial charge in [-0.1, -0.05) is 6.92 Å². The lowest BCUT2D eigenvalue weighted by Gasteiger charge is -2.21. The third-order valence-corrected chi connectivity index (χ3v) is 4.31. The fourth-order valence-corrected chi connectivity index (χ4v) is 2.98. The lowest BCUT2D eigenvalue weighted by molar-refractivity contribution is -0.145. The van der Waals surface area contributed by atoms with E-state index in [0.717, 1.165) is 11.3 Å². The van der Waals surface area contributed by atoms with E-state index in [2.05, 4.69) is 4.98 Å². The molecule has 0 fully saturated rings. The second kappa shape index (κ2) is 7.37. The highest BCUT2D eigenvalue weighted by Crippen LogP contribution is 2.22. The first kappa shape index (κ1) is 17.1. The number of hydrogen-bond acceptors (Lipinski definition) is 5. The van der Waals surface area contributed by atoms with Crippen LogP contribution in [0.3, 0.4) is 0 Å². The van der Waals surface area contributed by atoms with Crippen LogP contribution in [0.25, 0.3) is 11.3 Å². The van der Waals surface area contributed by atoms with E-state index in [9.17, 15) is 9.59 Å². The monoisotopic (exact) mass is 332 g/mol. The second-order valence-electron chi connectivity index (χ2n) is 5.45. The number of aromatic nitrogens is 1. The lowest BCUT2D eigenvalue weighted by Crippen LogP contribution is -2.34. The van der Waals surface area contributed by atoms with Crippen molar-refractivity contribution in [2.45, 2.75) is 13.8 Å². The highest BCUT2D eigenvalue weighted by atomic mass is 32.1. The van der Waals surface area contributed by atoms with Gasteiger partial charge < -0.3 is 9.64 Å². The van der Waals surface area contributed by atoms with Gasteiger partial charge in [0.15, 0.2) is 0 Å². The Morgan fingerprint density at radius 2 is 2.09 bits per heavy atom. The van der Waals surface area contributed by atoms with Crippen LogP contribution in [-0.4, -0.2) is 42.5 Å². The largest absolute Gasteiger partial charge is 0.469 e. The molecular weight excluding hydrogens is 312 g/mol. The molecule has 2 rings (SSSR count). The van der Waals surface area contributed by atoms with E-state index in [1.54, 1.807) is 31.4 Å². The number of carbonyl (C=O) groups is 2. The highest BCUT2D eigenvalue weighted by Gasteiger charge is 2.21. The van der Waals surface area contributed by atoms with Gasteiger partial charge in [0.05, 0.1) is 30.0 Å². The Morgan fingerprint density at radius 3 is 2.65 bits per heavy atom. The number of pyridine rings is 1. The van der Waals surface area contributed by atoms with Crippen LogP contribution in [0, 0.1) is 12.8 Å². The summed E-state index contributed by atoms with van der Waals surface area (Å²) < 4.78 is 4.69. The second-order valence-corrected chi connectivity index (χ2v) is 6.23. The molecule has 0 saturated carbocycles. The molecule has 2 aromatic rings. The van der Waals surface area contributed by atoms with Crippen molar-refractivity contribution >= 4 is 23.2 Å². The number of aryl methyl sites for hydroxylation is 1. The summed E-state index contributed by atoms with van der Waals surface area (Å²) in [4.78, 5) is 30.1. The molecule has 5 nitrogen and oxygen atoms in total. The minimum absolute atomic E-state index is 0.150. The number of ether oxygens (including phenoxy) is 1. The van der Waals surface area contributed by atoms with Gasteiger partial charge in [0.2, 0.25) is 0 Å². The van der Waals surface area contributed by atoms with Crippen LogP contribution in [0.15, 0.2) is 29.0 Å². The predicted octanol–water partition coefficient (Wildman–Crippen LogP) is 3.00. The molecule has 122 valence electrons. The molecule has 0 spiro atoms. The zero-order valence-corrected chi connectivity index (χ0v) is 14.5. The zero-order chi connectivity index (χ0) is 17.0. The Kier molecular flexibility index (Phi) is 5.50. The molecule has 6 heteroatoms. The van der Waals surface area contributed by atoms with Crippen LogP contribution in [-0.2, 0) is 9.53 Å². The average Bonchev–Trinajstić information content (AvgIpc) is 3.07. The lowest BCUT2D eigenvalue weighted by atomic mass is 10.1. The third-order valence-electron chi connectivity index (χ3n) is 3.63. The Labute approximate surface area is 139 Å². The first-order chi connectivity index (χ1) is 10.9. The van der Waals surface area contributed by atoms with Gasteiger partial charge >= 0.3 is 5.97 Å². The van der Waals surface area contributed by atoms with Crippen molar-refractivity contribution in [3.8, 4) is 11.3 Å². The number of methoxy groups -OCH3 is 1. The van der Waals surface area contributed by atoms with Crippen LogP contribution in [0.5, 0.6) is 0 Å². The fourth-order valence-electron chi connectivity index (χ4n) is 2.33. The van der Waals surface area contributed by atoms with Crippen molar-refractivity contribution in [2.75, 3.05) is 20.7 Å². The summed E-state index contributed by atoms with van der Waals surface area (Å²) in [6.45, 7) is 3.86. The molecule has 0 aliphatic heterocycles. The van der Waals surface area contributed by atoms with Gasteiger partial charge in [0.25, 0.3) is 5.91 Å². The molecule has 1 atom stereocenters. The molecule has 23 heavy (non-hydrogen) atoms. The van der Waals surface area contributed by atoms with E-state index in [1.165, 1.54) is 12.0 Å². The fraction of sp³-hybridized carbons (Fsp3) is 0.353. The van der Waals surface area contributed by atoms with Crippen LogP contribution in [0.2, 0.25) is 0 Å². The number of amides is 1. The van der Waals surface area contributed by atoms with Gasteiger partial charge in [-0.3, -0.25) is 14.6 Å². The Balaban J connectivity index is 2.14. The van der Waals surface area contributed by atoms with Crippen LogP contribution < -0.4 is 0 Å². The summed E-state index contributed by atoms with van der Waals surface area (Å²) >= 11 is 1.61. The molecule has 2 heterocycles. The standard InChI is InChI=1S/C17H20N2O3S/c1-11(17(21)22-4)9-19(3)16(20)14-5-6-15(18-12(14)2)13-7-8-23-10-13/h5-8,10-11H,9H2,1-4H3. The summed E-state index contributed by atoms with van der Waals surface area (Å²) in [6, 6.07) is 5.63. The van der Waals surface area contributed by atoms with Gasteiger partial charge in [0.1, 0.15) is 0 Å². The molecule has 1 unspecified atom stereocenters. The van der Waals surface area contributed by atoms with Gasteiger partial charge in [-0.25, -0.2) is 0 Å². The van der Waals surface area contributed by atoms with Crippen LogP contribution in [0.1, 0.15) is 23.0 Å². The van der Waals surface area contributed by atoms with E-state index in [4.69, 9.17) is 4.74 Å². The smallest absolute Gasteiger partial charge is 0.310 e. The van der Waals surface area contributed by atoms with Gasteiger partial charge in [-0.2, -0.15) is 11.3 Å². The first-order valence-electron chi connectivity index (χ1n) is 7.27. The normalized spacial score (nSPS) is 11.8. The van der Waals surface area contributed by atoms with E-state index < -0.39 is 0 Å². The van der Waals surface area contributed by atoms with Gasteiger partial charge in [0, 0.05) is 24.5 Å². The summed E-state index contributed by atoms with van der Waals surface area (Å²) in [5.74, 6) is -0.845.